The molecule has 2 N–H and O–H groups in total. The van der Waals surface area contributed by atoms with Gasteiger partial charge in [0.15, 0.2) is 0 Å². The number of aromatic nitrogens is 4. The Hall–Kier alpha value is -3.69. The van der Waals surface area contributed by atoms with Crippen molar-refractivity contribution in [1.29, 1.82) is 0 Å². The van der Waals surface area contributed by atoms with E-state index in [1.165, 1.54) is 0 Å². The Balaban J connectivity index is 1.37. The Kier molecular flexibility index (Phi) is 6.52. The van der Waals surface area contributed by atoms with Crippen LogP contribution in [-0.4, -0.2) is 75.5 Å². The Morgan fingerprint density at radius 1 is 1.11 bits per heavy atom. The molecule has 0 aliphatic carbocycles. The van der Waals surface area contributed by atoms with Gasteiger partial charge in [-0.1, -0.05) is 6.07 Å². The smallest absolute Gasteiger partial charge is 0.227 e. The molecule has 35 heavy (non-hydrogen) atoms. The number of methoxy groups -OCH3 is 1. The van der Waals surface area contributed by atoms with E-state index in [1.54, 1.807) is 7.11 Å². The van der Waals surface area contributed by atoms with E-state index >= 15 is 0 Å². The van der Waals surface area contributed by atoms with Crippen molar-refractivity contribution in [3.8, 4) is 17.0 Å². The van der Waals surface area contributed by atoms with Crippen LogP contribution in [0.2, 0.25) is 0 Å². The fraction of sp³-hybridized carbons (Fsp3) is 0.346. The molecular weight excluding hydrogens is 442 g/mol. The molecule has 0 spiro atoms. The molecule has 0 radical (unpaired) electrons. The summed E-state index contributed by atoms with van der Waals surface area (Å²) in [5.41, 5.74) is 5.70. The van der Waals surface area contributed by atoms with Crippen molar-refractivity contribution in [3.05, 3.63) is 60.6 Å². The monoisotopic (exact) mass is 473 g/mol. The number of nitrogens with zero attached hydrogens (tertiary/aromatic N) is 6. The van der Waals surface area contributed by atoms with Crippen molar-refractivity contribution in [2.45, 2.75) is 19.9 Å². The van der Waals surface area contributed by atoms with Gasteiger partial charge < -0.3 is 20.1 Å². The van der Waals surface area contributed by atoms with Crippen molar-refractivity contribution in [2.24, 2.45) is 0 Å². The quantitative estimate of drug-likeness (QED) is 0.422. The molecule has 9 nitrogen and oxygen atoms in total. The number of aliphatic hydroxyl groups excluding tert-OH is 1. The highest BCUT2D eigenvalue weighted by molar-refractivity contribution is 5.80. The van der Waals surface area contributed by atoms with Crippen molar-refractivity contribution >= 4 is 22.8 Å². The van der Waals surface area contributed by atoms with Gasteiger partial charge in [-0.25, -0.2) is 14.5 Å². The molecule has 3 aromatic heterocycles. The van der Waals surface area contributed by atoms with Crippen LogP contribution in [0.3, 0.4) is 0 Å². The molecule has 5 rings (SSSR count). The average Bonchev–Trinajstić information content (AvgIpc) is 3.33. The van der Waals surface area contributed by atoms with Crippen LogP contribution >= 0.6 is 0 Å². The third kappa shape index (κ3) is 4.65. The maximum absolute atomic E-state index is 9.43. The summed E-state index contributed by atoms with van der Waals surface area (Å²) < 4.78 is 7.55. The first kappa shape index (κ1) is 23.1. The number of aryl methyl sites for hydroxylation is 1. The summed E-state index contributed by atoms with van der Waals surface area (Å²) in [6.07, 6.45) is 5.59. The SMILES string of the molecule is COc1cc(N2CCN(C(C)CO)CC2)ccc1Nc1ncc(C)c(-c2cnn3ccccc23)n1. The zero-order chi connectivity index (χ0) is 24.4. The summed E-state index contributed by atoms with van der Waals surface area (Å²) in [6.45, 7) is 7.92. The van der Waals surface area contributed by atoms with Crippen LogP contribution < -0.4 is 15.0 Å². The van der Waals surface area contributed by atoms with Crippen LogP contribution in [0.15, 0.2) is 55.0 Å². The minimum absolute atomic E-state index is 0.189. The molecule has 0 bridgehead atoms. The zero-order valence-corrected chi connectivity index (χ0v) is 20.3. The maximum Gasteiger partial charge on any atom is 0.227 e. The van der Waals surface area contributed by atoms with Crippen LogP contribution in [0.25, 0.3) is 16.8 Å². The van der Waals surface area contributed by atoms with Crippen LogP contribution in [0.4, 0.5) is 17.3 Å². The predicted octanol–water partition coefficient (Wildman–Crippen LogP) is 3.35. The average molecular weight is 474 g/mol. The van der Waals surface area contributed by atoms with Gasteiger partial charge in [0.2, 0.25) is 5.95 Å². The summed E-state index contributed by atoms with van der Waals surface area (Å²) >= 11 is 0. The van der Waals surface area contributed by atoms with E-state index in [1.807, 2.05) is 60.4 Å². The Labute approximate surface area is 205 Å². The molecule has 1 unspecified atom stereocenters. The minimum atomic E-state index is 0.189. The highest BCUT2D eigenvalue weighted by Crippen LogP contribution is 2.33. The standard InChI is InChI=1S/C26H31N7O2/c1-18-15-27-26(30-25(18)21-16-28-33-9-5-4-6-23(21)33)29-22-8-7-20(14-24(22)35-3)32-12-10-31(11-13-32)19(2)17-34/h4-9,14-16,19,34H,10-13,17H2,1-3H3,(H,27,29,30). The van der Waals surface area contributed by atoms with Crippen molar-refractivity contribution in [3.63, 3.8) is 0 Å². The lowest BCUT2D eigenvalue weighted by Crippen LogP contribution is -2.50. The van der Waals surface area contributed by atoms with E-state index in [-0.39, 0.29) is 12.6 Å². The van der Waals surface area contributed by atoms with Gasteiger partial charge >= 0.3 is 0 Å². The molecule has 0 amide bonds. The number of piperazine rings is 1. The topological polar surface area (TPSA) is 91.0 Å². The molecule has 182 valence electrons. The van der Waals surface area contributed by atoms with Crippen LogP contribution in [0.1, 0.15) is 12.5 Å². The number of ether oxygens (including phenoxy) is 1. The number of benzene rings is 1. The van der Waals surface area contributed by atoms with Gasteiger partial charge in [0.25, 0.3) is 0 Å². The highest BCUT2D eigenvalue weighted by Gasteiger charge is 2.21. The molecule has 1 atom stereocenters. The largest absolute Gasteiger partial charge is 0.494 e. The molecular formula is C26H31N7O2. The molecule has 4 heterocycles. The summed E-state index contributed by atoms with van der Waals surface area (Å²) in [5.74, 6) is 1.23. The summed E-state index contributed by atoms with van der Waals surface area (Å²) in [4.78, 5) is 14.0. The van der Waals surface area contributed by atoms with Gasteiger partial charge in [0.05, 0.1) is 36.8 Å². The summed E-state index contributed by atoms with van der Waals surface area (Å²) in [7, 11) is 1.67. The van der Waals surface area contributed by atoms with E-state index < -0.39 is 0 Å². The molecule has 4 aromatic rings. The second kappa shape index (κ2) is 9.89. The number of nitrogens with one attached hydrogen (secondary N) is 1. The number of aliphatic hydroxyl groups is 1. The molecule has 1 aliphatic rings. The number of hydrogen-bond acceptors (Lipinski definition) is 8. The number of fused-ring (bicyclic) bond motifs is 1. The van der Waals surface area contributed by atoms with Crippen molar-refractivity contribution in [1.82, 2.24) is 24.5 Å². The van der Waals surface area contributed by atoms with Gasteiger partial charge in [-0.3, -0.25) is 4.90 Å². The third-order valence-electron chi connectivity index (χ3n) is 6.65. The number of anilines is 3. The lowest BCUT2D eigenvalue weighted by atomic mass is 10.1. The first-order valence-corrected chi connectivity index (χ1v) is 11.9. The fourth-order valence-corrected chi connectivity index (χ4v) is 4.53. The molecule has 1 aliphatic heterocycles. The predicted molar refractivity (Wildman–Crippen MR) is 138 cm³/mol. The molecule has 1 saturated heterocycles. The summed E-state index contributed by atoms with van der Waals surface area (Å²) in [5, 5.41) is 17.2. The van der Waals surface area contributed by atoms with Gasteiger partial charge in [-0.15, -0.1) is 0 Å². The Morgan fingerprint density at radius 3 is 2.71 bits per heavy atom. The van der Waals surface area contributed by atoms with Gasteiger partial charge in [-0.05, 0) is 43.7 Å². The van der Waals surface area contributed by atoms with E-state index in [0.717, 1.165) is 65.6 Å². The first-order chi connectivity index (χ1) is 17.1. The van der Waals surface area contributed by atoms with Crippen LogP contribution in [0.5, 0.6) is 5.75 Å². The zero-order valence-electron chi connectivity index (χ0n) is 20.3. The normalized spacial score (nSPS) is 15.4. The van der Waals surface area contributed by atoms with E-state index in [4.69, 9.17) is 9.72 Å². The van der Waals surface area contributed by atoms with Crippen LogP contribution in [-0.2, 0) is 0 Å². The summed E-state index contributed by atoms with van der Waals surface area (Å²) in [6, 6.07) is 12.3. The van der Waals surface area contributed by atoms with Crippen molar-refractivity contribution in [2.75, 3.05) is 50.1 Å². The fourth-order valence-electron chi connectivity index (χ4n) is 4.53. The van der Waals surface area contributed by atoms with E-state index in [2.05, 4.69) is 38.2 Å². The van der Waals surface area contributed by atoms with Gasteiger partial charge in [0.1, 0.15) is 5.75 Å². The molecule has 0 saturated carbocycles. The molecule has 1 fully saturated rings. The second-order valence-corrected chi connectivity index (χ2v) is 8.88. The number of hydrogen-bond donors (Lipinski definition) is 2. The molecule has 9 heteroatoms. The first-order valence-electron chi connectivity index (χ1n) is 11.9. The van der Waals surface area contributed by atoms with E-state index in [9.17, 15) is 5.11 Å². The van der Waals surface area contributed by atoms with Crippen LogP contribution in [0, 0.1) is 6.92 Å². The lowest BCUT2D eigenvalue weighted by molar-refractivity contribution is 0.128. The molecule has 1 aromatic carbocycles. The Bertz CT molecular complexity index is 1310. The lowest BCUT2D eigenvalue weighted by Gasteiger charge is -2.38. The van der Waals surface area contributed by atoms with Gasteiger partial charge in [-0.2, -0.15) is 5.10 Å². The second-order valence-electron chi connectivity index (χ2n) is 8.88. The minimum Gasteiger partial charge on any atom is -0.494 e. The van der Waals surface area contributed by atoms with Crippen molar-refractivity contribution < 1.29 is 9.84 Å². The maximum atomic E-state index is 9.43. The third-order valence-corrected chi connectivity index (χ3v) is 6.65. The Morgan fingerprint density at radius 2 is 1.94 bits per heavy atom. The highest BCUT2D eigenvalue weighted by atomic mass is 16.5. The van der Waals surface area contributed by atoms with E-state index in [0.29, 0.717) is 5.95 Å². The number of rotatable bonds is 7. The van der Waals surface area contributed by atoms with Gasteiger partial charge in [0, 0.05) is 61.9 Å². The number of pyridine rings is 1.